The zero-order valence-corrected chi connectivity index (χ0v) is 11.6. The van der Waals surface area contributed by atoms with Crippen LogP contribution in [0, 0.1) is 17.3 Å². The highest BCUT2D eigenvalue weighted by molar-refractivity contribution is 5.82. The standard InChI is InChI=1S/C14H24N2O3/c1-10(13(18)19)3-2-6-16-12(17)11-9-14(11)4-7-15-8-5-14/h10-11,15H,2-9H2,1H3,(H,16,17)(H,18,19). The van der Waals surface area contributed by atoms with Gasteiger partial charge in [-0.2, -0.15) is 0 Å². The number of carboxylic acids is 1. The van der Waals surface area contributed by atoms with Crippen LogP contribution in [0.2, 0.25) is 0 Å². The minimum Gasteiger partial charge on any atom is -0.481 e. The third kappa shape index (κ3) is 3.47. The Balaban J connectivity index is 1.62. The van der Waals surface area contributed by atoms with E-state index in [0.29, 0.717) is 13.0 Å². The van der Waals surface area contributed by atoms with E-state index in [1.54, 1.807) is 6.92 Å². The number of carbonyl (C=O) groups excluding carboxylic acids is 1. The van der Waals surface area contributed by atoms with Crippen LogP contribution in [0.25, 0.3) is 0 Å². The Hall–Kier alpha value is -1.10. The van der Waals surface area contributed by atoms with Crippen molar-refractivity contribution in [2.75, 3.05) is 19.6 Å². The molecule has 0 aromatic carbocycles. The fourth-order valence-electron chi connectivity index (χ4n) is 3.06. The van der Waals surface area contributed by atoms with Crippen molar-refractivity contribution in [3.05, 3.63) is 0 Å². The Morgan fingerprint density at radius 3 is 2.74 bits per heavy atom. The predicted octanol–water partition coefficient (Wildman–Crippen LogP) is 0.993. The van der Waals surface area contributed by atoms with Gasteiger partial charge in [0.05, 0.1) is 5.92 Å². The largest absolute Gasteiger partial charge is 0.481 e. The number of hydrogen-bond donors (Lipinski definition) is 3. The zero-order valence-electron chi connectivity index (χ0n) is 11.6. The van der Waals surface area contributed by atoms with Crippen LogP contribution >= 0.6 is 0 Å². The number of nitrogens with one attached hydrogen (secondary N) is 2. The lowest BCUT2D eigenvalue weighted by molar-refractivity contribution is -0.141. The van der Waals surface area contributed by atoms with Crippen LogP contribution in [-0.4, -0.2) is 36.6 Å². The lowest BCUT2D eigenvalue weighted by atomic mass is 9.92. The van der Waals surface area contributed by atoms with Gasteiger partial charge in [0.2, 0.25) is 5.91 Å². The van der Waals surface area contributed by atoms with E-state index in [4.69, 9.17) is 5.11 Å². The van der Waals surface area contributed by atoms with E-state index in [-0.39, 0.29) is 23.2 Å². The molecule has 1 spiro atoms. The first kappa shape index (κ1) is 14.3. The lowest BCUT2D eigenvalue weighted by Crippen LogP contribution is -2.34. The second kappa shape index (κ2) is 5.90. The maximum atomic E-state index is 12.0. The smallest absolute Gasteiger partial charge is 0.306 e. The van der Waals surface area contributed by atoms with Crippen LogP contribution in [0.5, 0.6) is 0 Å². The lowest BCUT2D eigenvalue weighted by Gasteiger charge is -2.23. The molecule has 1 aliphatic heterocycles. The van der Waals surface area contributed by atoms with Gasteiger partial charge in [0.25, 0.3) is 0 Å². The van der Waals surface area contributed by atoms with Crippen molar-refractivity contribution in [1.82, 2.24) is 10.6 Å². The quantitative estimate of drug-likeness (QED) is 0.628. The molecular weight excluding hydrogens is 244 g/mol. The van der Waals surface area contributed by atoms with Crippen LogP contribution in [0.15, 0.2) is 0 Å². The zero-order chi connectivity index (χ0) is 13.9. The molecule has 2 unspecified atom stereocenters. The van der Waals surface area contributed by atoms with Gasteiger partial charge in [0.15, 0.2) is 0 Å². The highest BCUT2D eigenvalue weighted by Gasteiger charge is 2.57. The maximum absolute atomic E-state index is 12.0. The molecule has 2 atom stereocenters. The van der Waals surface area contributed by atoms with E-state index < -0.39 is 5.97 Å². The number of carbonyl (C=O) groups is 2. The summed E-state index contributed by atoms with van der Waals surface area (Å²) in [4.78, 5) is 22.7. The fraction of sp³-hybridized carbons (Fsp3) is 0.857. The second-order valence-electron chi connectivity index (χ2n) is 6.04. The van der Waals surface area contributed by atoms with E-state index in [1.807, 2.05) is 0 Å². The Labute approximate surface area is 114 Å². The summed E-state index contributed by atoms with van der Waals surface area (Å²) in [6.45, 7) is 4.36. The van der Waals surface area contributed by atoms with Gasteiger partial charge in [-0.25, -0.2) is 0 Å². The number of piperidine rings is 1. The molecule has 2 rings (SSSR count). The number of carboxylic acid groups (broad SMARTS) is 1. The first-order valence-electron chi connectivity index (χ1n) is 7.26. The SMILES string of the molecule is CC(CCCNC(=O)C1CC12CCNCC2)C(=O)O. The molecule has 0 radical (unpaired) electrons. The predicted molar refractivity (Wildman–Crippen MR) is 71.7 cm³/mol. The summed E-state index contributed by atoms with van der Waals surface area (Å²) in [5, 5.41) is 15.0. The number of hydrogen-bond acceptors (Lipinski definition) is 3. The molecule has 3 N–H and O–H groups in total. The first-order chi connectivity index (χ1) is 9.05. The summed E-state index contributed by atoms with van der Waals surface area (Å²) in [5.41, 5.74) is 0.281. The third-order valence-corrected chi connectivity index (χ3v) is 4.64. The molecule has 1 saturated heterocycles. The number of aliphatic carboxylic acids is 1. The average molecular weight is 268 g/mol. The Bertz CT molecular complexity index is 351. The molecule has 5 nitrogen and oxygen atoms in total. The average Bonchev–Trinajstić information content (AvgIpc) is 3.08. The van der Waals surface area contributed by atoms with Gasteiger partial charge >= 0.3 is 5.97 Å². The first-order valence-corrected chi connectivity index (χ1v) is 7.26. The van der Waals surface area contributed by atoms with Gasteiger partial charge in [-0.05, 0) is 50.6 Å². The molecule has 0 aromatic heterocycles. The molecule has 1 amide bonds. The summed E-state index contributed by atoms with van der Waals surface area (Å²) in [5.74, 6) is -0.716. The van der Waals surface area contributed by atoms with Gasteiger partial charge in [-0.1, -0.05) is 6.92 Å². The van der Waals surface area contributed by atoms with Crippen LogP contribution in [-0.2, 0) is 9.59 Å². The van der Waals surface area contributed by atoms with Crippen LogP contribution in [0.3, 0.4) is 0 Å². The summed E-state index contributed by atoms with van der Waals surface area (Å²) in [6.07, 6.45) is 4.62. The molecule has 19 heavy (non-hydrogen) atoms. The molecule has 0 aromatic rings. The van der Waals surface area contributed by atoms with Gasteiger partial charge in [-0.15, -0.1) is 0 Å². The Kier molecular flexibility index (Phi) is 4.45. The van der Waals surface area contributed by atoms with E-state index in [2.05, 4.69) is 10.6 Å². The monoisotopic (exact) mass is 268 g/mol. The summed E-state index contributed by atoms with van der Waals surface area (Å²) < 4.78 is 0. The molecule has 1 heterocycles. The van der Waals surface area contributed by atoms with E-state index in [1.165, 1.54) is 0 Å². The normalized spacial score (nSPS) is 25.8. The van der Waals surface area contributed by atoms with Gasteiger partial charge < -0.3 is 15.7 Å². The van der Waals surface area contributed by atoms with Crippen molar-refractivity contribution < 1.29 is 14.7 Å². The van der Waals surface area contributed by atoms with Crippen LogP contribution < -0.4 is 10.6 Å². The van der Waals surface area contributed by atoms with Crippen molar-refractivity contribution >= 4 is 11.9 Å². The topological polar surface area (TPSA) is 78.4 Å². The van der Waals surface area contributed by atoms with Crippen molar-refractivity contribution in [3.63, 3.8) is 0 Å². The van der Waals surface area contributed by atoms with E-state index >= 15 is 0 Å². The minimum atomic E-state index is -0.762. The maximum Gasteiger partial charge on any atom is 0.306 e. The Morgan fingerprint density at radius 1 is 1.42 bits per heavy atom. The fourth-order valence-corrected chi connectivity index (χ4v) is 3.06. The number of rotatable bonds is 6. The molecule has 108 valence electrons. The molecule has 1 aliphatic carbocycles. The molecule has 5 heteroatoms. The van der Waals surface area contributed by atoms with Gasteiger partial charge in [0.1, 0.15) is 0 Å². The summed E-state index contributed by atoms with van der Waals surface area (Å²) in [6, 6.07) is 0. The van der Waals surface area contributed by atoms with Gasteiger partial charge in [-0.3, -0.25) is 9.59 Å². The molecule has 0 bridgehead atoms. The van der Waals surface area contributed by atoms with Crippen molar-refractivity contribution in [2.24, 2.45) is 17.3 Å². The van der Waals surface area contributed by atoms with Crippen molar-refractivity contribution in [3.8, 4) is 0 Å². The second-order valence-corrected chi connectivity index (χ2v) is 6.04. The molecule has 2 fully saturated rings. The van der Waals surface area contributed by atoms with Crippen molar-refractivity contribution in [1.29, 1.82) is 0 Å². The third-order valence-electron chi connectivity index (χ3n) is 4.64. The summed E-state index contributed by atoms with van der Waals surface area (Å²) >= 11 is 0. The molecular formula is C14H24N2O3. The van der Waals surface area contributed by atoms with Crippen LogP contribution in [0.4, 0.5) is 0 Å². The van der Waals surface area contributed by atoms with Crippen LogP contribution in [0.1, 0.15) is 39.0 Å². The van der Waals surface area contributed by atoms with Crippen molar-refractivity contribution in [2.45, 2.75) is 39.0 Å². The highest BCUT2D eigenvalue weighted by atomic mass is 16.4. The highest BCUT2D eigenvalue weighted by Crippen LogP contribution is 2.58. The van der Waals surface area contributed by atoms with E-state index in [0.717, 1.165) is 38.8 Å². The number of amides is 1. The van der Waals surface area contributed by atoms with Gasteiger partial charge in [0, 0.05) is 12.5 Å². The van der Waals surface area contributed by atoms with E-state index in [9.17, 15) is 9.59 Å². The summed E-state index contributed by atoms with van der Waals surface area (Å²) in [7, 11) is 0. The Morgan fingerprint density at radius 2 is 2.11 bits per heavy atom. The molecule has 1 saturated carbocycles. The minimum absolute atomic E-state index is 0.171. The molecule has 2 aliphatic rings.